The zero-order valence-corrected chi connectivity index (χ0v) is 12.7. The van der Waals surface area contributed by atoms with Gasteiger partial charge >= 0.3 is 0 Å². The van der Waals surface area contributed by atoms with E-state index in [4.69, 9.17) is 5.84 Å². The van der Waals surface area contributed by atoms with Crippen molar-refractivity contribution in [2.24, 2.45) is 5.84 Å². The Morgan fingerprint density at radius 1 is 1.43 bits per heavy atom. The topological polar surface area (TPSA) is 127 Å². The highest BCUT2D eigenvalue weighted by molar-refractivity contribution is 7.99. The minimum Gasteiger partial charge on any atom is -0.318 e. The monoisotopic (exact) mass is 332 g/mol. The van der Waals surface area contributed by atoms with Crippen molar-refractivity contribution in [1.29, 1.82) is 0 Å². The second-order valence-corrected chi connectivity index (χ2v) is 7.48. The Morgan fingerprint density at radius 3 is 2.76 bits per heavy atom. The van der Waals surface area contributed by atoms with Crippen molar-refractivity contribution in [2.45, 2.75) is 23.8 Å². The predicted octanol–water partition coefficient (Wildman–Crippen LogP) is 1.05. The smallest absolute Gasteiger partial charge is 0.294 e. The van der Waals surface area contributed by atoms with Gasteiger partial charge in [-0.15, -0.1) is 0 Å². The van der Waals surface area contributed by atoms with E-state index in [1.807, 2.05) is 0 Å². The molecule has 10 heteroatoms. The Kier molecular flexibility index (Phi) is 5.04. The van der Waals surface area contributed by atoms with Crippen LogP contribution in [0.1, 0.15) is 12.8 Å². The quantitative estimate of drug-likeness (QED) is 0.418. The number of hydrazine groups is 1. The maximum Gasteiger partial charge on any atom is 0.294 e. The fourth-order valence-electron chi connectivity index (χ4n) is 2.07. The molecular weight excluding hydrogens is 316 g/mol. The molecule has 21 heavy (non-hydrogen) atoms. The Morgan fingerprint density at radius 2 is 2.19 bits per heavy atom. The molecule has 1 aliphatic rings. The molecule has 0 bridgehead atoms. The fraction of sp³-hybridized carbons (Fsp3) is 0.455. The third kappa shape index (κ3) is 3.84. The average Bonchev–Trinajstić information content (AvgIpc) is 2.47. The van der Waals surface area contributed by atoms with E-state index >= 15 is 0 Å². The number of hydrogen-bond donors (Lipinski definition) is 3. The number of sulfonamides is 1. The fourth-order valence-corrected chi connectivity index (χ4v) is 4.54. The first-order valence-corrected chi connectivity index (χ1v) is 8.93. The van der Waals surface area contributed by atoms with E-state index < -0.39 is 14.9 Å². The van der Waals surface area contributed by atoms with Crippen LogP contribution >= 0.6 is 11.8 Å². The van der Waals surface area contributed by atoms with Crippen LogP contribution in [0.2, 0.25) is 0 Å². The van der Waals surface area contributed by atoms with Gasteiger partial charge in [-0.1, -0.05) is 0 Å². The number of nitrogens with two attached hydrogens (primary N) is 1. The van der Waals surface area contributed by atoms with Gasteiger partial charge in [-0.05, 0) is 30.7 Å². The molecule has 1 atom stereocenters. The summed E-state index contributed by atoms with van der Waals surface area (Å²) in [5.41, 5.74) is 1.86. The lowest BCUT2D eigenvalue weighted by Gasteiger charge is -2.22. The van der Waals surface area contributed by atoms with E-state index in [1.165, 1.54) is 12.1 Å². The van der Waals surface area contributed by atoms with E-state index in [-0.39, 0.29) is 22.3 Å². The maximum absolute atomic E-state index is 12.3. The Hall–Kier alpha value is -1.36. The lowest BCUT2D eigenvalue weighted by molar-refractivity contribution is -0.384. The first-order valence-electron chi connectivity index (χ1n) is 6.29. The number of nitrogens with zero attached hydrogens (tertiary/aromatic N) is 1. The van der Waals surface area contributed by atoms with Gasteiger partial charge in [0.05, 0.1) is 9.82 Å². The van der Waals surface area contributed by atoms with Crippen molar-refractivity contribution in [1.82, 2.24) is 4.72 Å². The van der Waals surface area contributed by atoms with E-state index in [0.717, 1.165) is 24.7 Å². The van der Waals surface area contributed by atoms with Crippen LogP contribution in [0.3, 0.4) is 0 Å². The first-order chi connectivity index (χ1) is 9.94. The number of hydrogen-bond acceptors (Lipinski definition) is 7. The zero-order valence-electron chi connectivity index (χ0n) is 11.1. The summed E-state index contributed by atoms with van der Waals surface area (Å²) in [6.07, 6.45) is 1.73. The molecule has 1 unspecified atom stereocenters. The molecule has 8 nitrogen and oxygen atoms in total. The summed E-state index contributed by atoms with van der Waals surface area (Å²) in [4.78, 5) is 10.1. The van der Waals surface area contributed by atoms with Crippen LogP contribution in [0, 0.1) is 10.1 Å². The number of nitrogen functional groups attached to an aromatic ring is 1. The van der Waals surface area contributed by atoms with Crippen molar-refractivity contribution >= 4 is 33.2 Å². The lowest BCUT2D eigenvalue weighted by Crippen LogP contribution is -2.38. The Bertz CT molecular complexity index is 629. The highest BCUT2D eigenvalue weighted by atomic mass is 32.2. The molecule has 4 N–H and O–H groups in total. The zero-order chi connectivity index (χ0) is 15.5. The van der Waals surface area contributed by atoms with Gasteiger partial charge in [-0.25, -0.2) is 13.1 Å². The second-order valence-electron chi connectivity index (χ2n) is 4.62. The van der Waals surface area contributed by atoms with Gasteiger partial charge in [0, 0.05) is 17.9 Å². The third-order valence-corrected chi connectivity index (χ3v) is 5.85. The van der Waals surface area contributed by atoms with Crippen LogP contribution in [0.5, 0.6) is 0 Å². The highest BCUT2D eigenvalue weighted by Gasteiger charge is 2.25. The molecular formula is C11H16N4O4S2. The number of nitrogens with one attached hydrogen (secondary N) is 2. The molecule has 0 saturated carbocycles. The largest absolute Gasteiger partial charge is 0.318 e. The summed E-state index contributed by atoms with van der Waals surface area (Å²) in [5, 5.41) is 10.9. The summed E-state index contributed by atoms with van der Waals surface area (Å²) in [5.74, 6) is 6.92. The minimum atomic E-state index is -3.78. The lowest BCUT2D eigenvalue weighted by atomic mass is 10.2. The average molecular weight is 332 g/mol. The molecule has 1 aliphatic heterocycles. The van der Waals surface area contributed by atoms with Gasteiger partial charge in [0.15, 0.2) is 0 Å². The van der Waals surface area contributed by atoms with Gasteiger partial charge in [0.2, 0.25) is 10.0 Å². The number of benzene rings is 1. The third-order valence-electron chi connectivity index (χ3n) is 3.11. The SMILES string of the molecule is NNc1ccc(S(=O)(=O)NC2CCCSC2)cc1[N+](=O)[O-]. The van der Waals surface area contributed by atoms with Crippen molar-refractivity contribution < 1.29 is 13.3 Å². The Balaban J connectivity index is 2.27. The number of nitro benzene ring substituents is 1. The minimum absolute atomic E-state index is 0.0622. The molecule has 0 amide bonds. The summed E-state index contributed by atoms with van der Waals surface area (Å²) in [7, 11) is -3.78. The van der Waals surface area contributed by atoms with Crippen LogP contribution < -0.4 is 16.0 Å². The Labute approximate surface area is 126 Å². The van der Waals surface area contributed by atoms with E-state index in [9.17, 15) is 18.5 Å². The van der Waals surface area contributed by atoms with E-state index in [0.29, 0.717) is 5.75 Å². The molecule has 116 valence electrons. The molecule has 1 heterocycles. The predicted molar refractivity (Wildman–Crippen MR) is 81.6 cm³/mol. The van der Waals surface area contributed by atoms with Crippen LogP contribution in [0.15, 0.2) is 23.1 Å². The summed E-state index contributed by atoms with van der Waals surface area (Å²) in [6, 6.07) is 3.44. The van der Waals surface area contributed by atoms with Crippen molar-refractivity contribution in [3.63, 3.8) is 0 Å². The van der Waals surface area contributed by atoms with Gasteiger partial charge in [-0.3, -0.25) is 16.0 Å². The second kappa shape index (κ2) is 6.60. The molecule has 0 spiro atoms. The van der Waals surface area contributed by atoms with Gasteiger partial charge < -0.3 is 5.43 Å². The highest BCUT2D eigenvalue weighted by Crippen LogP contribution is 2.27. The van der Waals surface area contributed by atoms with Crippen molar-refractivity contribution in [3.05, 3.63) is 28.3 Å². The standard InChI is InChI=1S/C11H16N4O4S2/c12-13-10-4-3-9(6-11(10)15(16)17)21(18,19)14-8-2-1-5-20-7-8/h3-4,6,8,13-14H,1-2,5,7,12H2. The number of anilines is 1. The number of nitro groups is 1. The molecule has 0 radical (unpaired) electrons. The first kappa shape index (κ1) is 16.0. The molecule has 0 aromatic heterocycles. The van der Waals surface area contributed by atoms with Crippen molar-refractivity contribution in [2.75, 3.05) is 16.9 Å². The molecule has 1 saturated heterocycles. The number of rotatable bonds is 5. The van der Waals surface area contributed by atoms with E-state index in [2.05, 4.69) is 10.1 Å². The van der Waals surface area contributed by atoms with Crippen LogP contribution in [-0.4, -0.2) is 30.9 Å². The van der Waals surface area contributed by atoms with E-state index in [1.54, 1.807) is 11.8 Å². The summed E-state index contributed by atoms with van der Waals surface area (Å²) >= 11 is 1.69. The molecule has 2 rings (SSSR count). The van der Waals surface area contributed by atoms with Gasteiger partial charge in [0.25, 0.3) is 5.69 Å². The number of thioether (sulfide) groups is 1. The summed E-state index contributed by atoms with van der Waals surface area (Å²) in [6.45, 7) is 0. The van der Waals surface area contributed by atoms with Crippen LogP contribution in [-0.2, 0) is 10.0 Å². The van der Waals surface area contributed by atoms with Crippen LogP contribution in [0.25, 0.3) is 0 Å². The van der Waals surface area contributed by atoms with Gasteiger partial charge in [0.1, 0.15) is 5.69 Å². The van der Waals surface area contributed by atoms with Crippen molar-refractivity contribution in [3.8, 4) is 0 Å². The molecule has 1 fully saturated rings. The molecule has 0 aliphatic carbocycles. The maximum atomic E-state index is 12.3. The van der Waals surface area contributed by atoms with Gasteiger partial charge in [-0.2, -0.15) is 11.8 Å². The molecule has 1 aromatic carbocycles. The van der Waals surface area contributed by atoms with Crippen LogP contribution in [0.4, 0.5) is 11.4 Å². The normalized spacial score (nSPS) is 19.2. The molecule has 1 aromatic rings. The summed E-state index contributed by atoms with van der Waals surface area (Å²) < 4.78 is 27.2.